The smallest absolute Gasteiger partial charge is 0.263 e. The van der Waals surface area contributed by atoms with E-state index < -0.39 is 5.91 Å². The number of rotatable bonds is 3. The summed E-state index contributed by atoms with van der Waals surface area (Å²) < 4.78 is 5.88. The molecule has 0 spiro atoms. The van der Waals surface area contributed by atoms with Crippen molar-refractivity contribution in [2.45, 2.75) is 6.92 Å². The summed E-state index contributed by atoms with van der Waals surface area (Å²) in [5.74, 6) is -0.222. The van der Waals surface area contributed by atoms with E-state index >= 15 is 0 Å². The molecule has 0 aliphatic carbocycles. The summed E-state index contributed by atoms with van der Waals surface area (Å²) >= 11 is 3.39. The largest absolute Gasteiger partial charge is 0.507 e. The normalized spacial score (nSPS) is 10.2. The Hall–Kier alpha value is -2.01. The first kappa shape index (κ1) is 14.4. The molecule has 5 heteroatoms. The van der Waals surface area contributed by atoms with Crippen LogP contribution >= 0.6 is 15.9 Å². The van der Waals surface area contributed by atoms with E-state index in [1.165, 1.54) is 13.2 Å². The van der Waals surface area contributed by atoms with Crippen molar-refractivity contribution in [3.8, 4) is 11.5 Å². The highest BCUT2D eigenvalue weighted by Gasteiger charge is 2.17. The third-order valence-electron chi connectivity index (χ3n) is 2.82. The Bertz CT molecular complexity index is 656. The lowest BCUT2D eigenvalue weighted by atomic mass is 10.1. The molecular weight excluding hydrogens is 322 g/mol. The number of hydrogen-bond donors (Lipinski definition) is 2. The Morgan fingerprint density at radius 3 is 2.70 bits per heavy atom. The molecule has 0 saturated carbocycles. The van der Waals surface area contributed by atoms with Gasteiger partial charge >= 0.3 is 0 Å². The number of phenols is 1. The van der Waals surface area contributed by atoms with Gasteiger partial charge in [-0.15, -0.1) is 0 Å². The summed E-state index contributed by atoms with van der Waals surface area (Å²) in [6.07, 6.45) is 0. The number of halogens is 1. The van der Waals surface area contributed by atoms with Crippen molar-refractivity contribution >= 4 is 27.5 Å². The minimum Gasteiger partial charge on any atom is -0.507 e. The van der Waals surface area contributed by atoms with Gasteiger partial charge in [-0.25, -0.2) is 0 Å². The van der Waals surface area contributed by atoms with E-state index in [0.717, 1.165) is 10.0 Å². The predicted molar refractivity (Wildman–Crippen MR) is 81.5 cm³/mol. The number of anilines is 1. The molecule has 0 saturated heterocycles. The average Bonchev–Trinajstić information content (AvgIpc) is 2.41. The minimum absolute atomic E-state index is 0.113. The average molecular weight is 336 g/mol. The molecule has 0 aliphatic rings. The van der Waals surface area contributed by atoms with E-state index in [9.17, 15) is 9.90 Å². The Kier molecular flexibility index (Phi) is 4.29. The van der Waals surface area contributed by atoms with Gasteiger partial charge in [0.05, 0.1) is 12.8 Å². The number of nitrogens with one attached hydrogen (secondary N) is 1. The van der Waals surface area contributed by atoms with E-state index in [4.69, 9.17) is 4.74 Å². The molecule has 104 valence electrons. The number of hydrogen-bond acceptors (Lipinski definition) is 3. The maximum Gasteiger partial charge on any atom is 0.263 e. The maximum absolute atomic E-state index is 12.3. The van der Waals surface area contributed by atoms with Gasteiger partial charge < -0.3 is 15.2 Å². The summed E-state index contributed by atoms with van der Waals surface area (Å²) in [5, 5.41) is 12.6. The summed E-state index contributed by atoms with van der Waals surface area (Å²) in [4.78, 5) is 12.3. The van der Waals surface area contributed by atoms with Crippen molar-refractivity contribution in [2.24, 2.45) is 0 Å². The first-order chi connectivity index (χ1) is 9.52. The van der Waals surface area contributed by atoms with Crippen LogP contribution in [0.5, 0.6) is 11.5 Å². The van der Waals surface area contributed by atoms with Crippen LogP contribution in [0.25, 0.3) is 0 Å². The van der Waals surface area contributed by atoms with E-state index in [2.05, 4.69) is 21.2 Å². The topological polar surface area (TPSA) is 58.6 Å². The molecule has 0 radical (unpaired) electrons. The number of phenolic OH excluding ortho intramolecular Hbond substituents is 1. The summed E-state index contributed by atoms with van der Waals surface area (Å²) in [7, 11) is 1.45. The third kappa shape index (κ3) is 2.93. The molecule has 0 fully saturated rings. The van der Waals surface area contributed by atoms with E-state index in [1.54, 1.807) is 18.2 Å². The number of aryl methyl sites for hydroxylation is 1. The zero-order valence-electron chi connectivity index (χ0n) is 11.1. The van der Waals surface area contributed by atoms with Gasteiger partial charge in [0.15, 0.2) is 0 Å². The van der Waals surface area contributed by atoms with Crippen molar-refractivity contribution in [1.29, 1.82) is 0 Å². The SMILES string of the molecule is COc1cccc(O)c1C(=O)Nc1ccc(C)cc1Br. The molecule has 2 rings (SSSR count). The van der Waals surface area contributed by atoms with Gasteiger partial charge in [0.25, 0.3) is 5.91 Å². The van der Waals surface area contributed by atoms with Crippen molar-refractivity contribution < 1.29 is 14.6 Å². The number of benzene rings is 2. The molecule has 1 amide bonds. The van der Waals surface area contributed by atoms with Crippen LogP contribution in [0.4, 0.5) is 5.69 Å². The number of carbonyl (C=O) groups excluding carboxylic acids is 1. The summed E-state index contributed by atoms with van der Waals surface area (Å²) in [5.41, 5.74) is 1.82. The van der Waals surface area contributed by atoms with Crippen LogP contribution in [-0.4, -0.2) is 18.1 Å². The summed E-state index contributed by atoms with van der Waals surface area (Å²) in [6.45, 7) is 1.96. The molecule has 4 nitrogen and oxygen atoms in total. The standard InChI is InChI=1S/C15H14BrNO3/c1-9-6-7-11(10(16)8-9)17-15(19)14-12(18)4-3-5-13(14)20-2/h3-8,18H,1-2H3,(H,17,19). The number of ether oxygens (including phenoxy) is 1. The Labute approximate surface area is 125 Å². The molecule has 2 aromatic carbocycles. The highest BCUT2D eigenvalue weighted by Crippen LogP contribution is 2.30. The van der Waals surface area contributed by atoms with Gasteiger partial charge in [-0.1, -0.05) is 12.1 Å². The van der Waals surface area contributed by atoms with Gasteiger partial charge in [-0.3, -0.25) is 4.79 Å². The van der Waals surface area contributed by atoms with Crippen LogP contribution in [0, 0.1) is 6.92 Å². The Balaban J connectivity index is 2.33. The van der Waals surface area contributed by atoms with E-state index in [-0.39, 0.29) is 11.3 Å². The Morgan fingerprint density at radius 1 is 1.30 bits per heavy atom. The Morgan fingerprint density at radius 2 is 2.05 bits per heavy atom. The fourth-order valence-corrected chi connectivity index (χ4v) is 2.42. The van der Waals surface area contributed by atoms with Gasteiger partial charge in [-0.05, 0) is 52.7 Å². The molecule has 0 unspecified atom stereocenters. The van der Waals surface area contributed by atoms with Crippen LogP contribution in [0.15, 0.2) is 40.9 Å². The second-order valence-electron chi connectivity index (χ2n) is 4.29. The molecule has 0 heterocycles. The maximum atomic E-state index is 12.3. The fraction of sp³-hybridized carbons (Fsp3) is 0.133. The lowest BCUT2D eigenvalue weighted by molar-refractivity contribution is 0.102. The lowest BCUT2D eigenvalue weighted by Gasteiger charge is -2.12. The van der Waals surface area contributed by atoms with Crippen LogP contribution < -0.4 is 10.1 Å². The first-order valence-corrected chi connectivity index (χ1v) is 6.75. The minimum atomic E-state index is -0.426. The van der Waals surface area contributed by atoms with Crippen LogP contribution in [-0.2, 0) is 0 Å². The third-order valence-corrected chi connectivity index (χ3v) is 3.48. The van der Waals surface area contributed by atoms with Gasteiger partial charge in [0.2, 0.25) is 0 Å². The molecule has 0 aromatic heterocycles. The summed E-state index contributed by atoms with van der Waals surface area (Å²) in [6, 6.07) is 10.3. The van der Waals surface area contributed by atoms with Crippen molar-refractivity contribution in [2.75, 3.05) is 12.4 Å². The first-order valence-electron chi connectivity index (χ1n) is 5.96. The highest BCUT2D eigenvalue weighted by atomic mass is 79.9. The number of amides is 1. The van der Waals surface area contributed by atoms with E-state index in [1.807, 2.05) is 19.1 Å². The van der Waals surface area contributed by atoms with Crippen molar-refractivity contribution in [1.82, 2.24) is 0 Å². The second-order valence-corrected chi connectivity index (χ2v) is 5.15. The lowest BCUT2D eigenvalue weighted by Crippen LogP contribution is -2.13. The monoisotopic (exact) mass is 335 g/mol. The molecule has 2 N–H and O–H groups in total. The number of aromatic hydroxyl groups is 1. The van der Waals surface area contributed by atoms with Gasteiger partial charge in [0, 0.05) is 4.47 Å². The number of methoxy groups -OCH3 is 1. The van der Waals surface area contributed by atoms with Crippen molar-refractivity contribution in [3.63, 3.8) is 0 Å². The zero-order chi connectivity index (χ0) is 14.7. The molecule has 0 bridgehead atoms. The molecule has 0 aliphatic heterocycles. The molecule has 2 aromatic rings. The van der Waals surface area contributed by atoms with Crippen LogP contribution in [0.2, 0.25) is 0 Å². The quantitative estimate of drug-likeness (QED) is 0.898. The van der Waals surface area contributed by atoms with Gasteiger partial charge in [0.1, 0.15) is 17.1 Å². The van der Waals surface area contributed by atoms with Gasteiger partial charge in [-0.2, -0.15) is 0 Å². The molecule has 0 atom stereocenters. The second kappa shape index (κ2) is 5.96. The zero-order valence-corrected chi connectivity index (χ0v) is 12.7. The molecular formula is C15H14BrNO3. The van der Waals surface area contributed by atoms with E-state index in [0.29, 0.717) is 11.4 Å². The van der Waals surface area contributed by atoms with Crippen molar-refractivity contribution in [3.05, 3.63) is 52.0 Å². The fourth-order valence-electron chi connectivity index (χ4n) is 1.82. The predicted octanol–water partition coefficient (Wildman–Crippen LogP) is 3.72. The van der Waals surface area contributed by atoms with Crippen LogP contribution in [0.1, 0.15) is 15.9 Å². The highest BCUT2D eigenvalue weighted by molar-refractivity contribution is 9.10. The molecule has 20 heavy (non-hydrogen) atoms. The van der Waals surface area contributed by atoms with Crippen LogP contribution in [0.3, 0.4) is 0 Å². The number of carbonyl (C=O) groups is 1.